The van der Waals surface area contributed by atoms with Crippen molar-refractivity contribution in [2.75, 3.05) is 13.1 Å². The molecule has 1 saturated heterocycles. The third kappa shape index (κ3) is 2.93. The summed E-state index contributed by atoms with van der Waals surface area (Å²) in [5.41, 5.74) is 1.54. The maximum atomic E-state index is 12.7. The Balaban J connectivity index is 1.52. The van der Waals surface area contributed by atoms with Crippen molar-refractivity contribution >= 4 is 5.91 Å². The minimum absolute atomic E-state index is 0.0102. The predicted octanol–water partition coefficient (Wildman–Crippen LogP) is 2.25. The molecule has 0 saturated carbocycles. The number of nitrogens with zero attached hydrogens (tertiary/aromatic N) is 6. The minimum atomic E-state index is -0.0102. The molecular formula is C18H20N6O. The normalized spacial score (nSPS) is 17.2. The molecule has 25 heavy (non-hydrogen) atoms. The van der Waals surface area contributed by atoms with E-state index in [4.69, 9.17) is 0 Å². The van der Waals surface area contributed by atoms with E-state index in [2.05, 4.69) is 19.9 Å². The fourth-order valence-electron chi connectivity index (χ4n) is 3.27. The van der Waals surface area contributed by atoms with Crippen molar-refractivity contribution in [3.63, 3.8) is 0 Å². The van der Waals surface area contributed by atoms with Gasteiger partial charge in [-0.2, -0.15) is 5.10 Å². The average molecular weight is 336 g/mol. The van der Waals surface area contributed by atoms with Crippen LogP contribution in [0.4, 0.5) is 0 Å². The van der Waals surface area contributed by atoms with E-state index >= 15 is 0 Å². The van der Waals surface area contributed by atoms with Crippen LogP contribution in [0.1, 0.15) is 29.9 Å². The number of benzene rings is 1. The van der Waals surface area contributed by atoms with E-state index in [1.807, 2.05) is 48.4 Å². The van der Waals surface area contributed by atoms with Gasteiger partial charge >= 0.3 is 0 Å². The highest BCUT2D eigenvalue weighted by molar-refractivity contribution is 5.92. The zero-order chi connectivity index (χ0) is 17.2. The molecule has 1 aliphatic rings. The summed E-state index contributed by atoms with van der Waals surface area (Å²) in [6, 6.07) is 12.0. The van der Waals surface area contributed by atoms with Gasteiger partial charge in [-0.15, -0.1) is 10.2 Å². The first-order valence-electron chi connectivity index (χ1n) is 8.54. The van der Waals surface area contributed by atoms with Crippen molar-refractivity contribution in [3.05, 3.63) is 54.6 Å². The van der Waals surface area contributed by atoms with Crippen LogP contribution < -0.4 is 0 Å². The van der Waals surface area contributed by atoms with Crippen molar-refractivity contribution < 1.29 is 4.79 Å². The molecule has 3 heterocycles. The molecule has 1 unspecified atom stereocenters. The molecule has 0 spiro atoms. The summed E-state index contributed by atoms with van der Waals surface area (Å²) in [6.07, 6.45) is 4.49. The lowest BCUT2D eigenvalue weighted by atomic mass is 10.2. The summed E-state index contributed by atoms with van der Waals surface area (Å²) in [5, 5.41) is 12.7. The fraction of sp³-hybridized carbons (Fsp3) is 0.333. The highest BCUT2D eigenvalue weighted by Crippen LogP contribution is 2.27. The summed E-state index contributed by atoms with van der Waals surface area (Å²) >= 11 is 0. The lowest BCUT2D eigenvalue weighted by Crippen LogP contribution is -2.29. The molecule has 1 aromatic carbocycles. The zero-order valence-electron chi connectivity index (χ0n) is 14.1. The standard InChI is InChI=1S/C18H20N6O/c1-2-23-11-9-16(21-23)18(25)22-10-8-15(12-22)24-13-19-20-17(24)14-6-4-3-5-7-14/h3-7,9,11,13,15H,2,8,10,12H2,1H3. The third-order valence-corrected chi connectivity index (χ3v) is 4.63. The molecule has 0 radical (unpaired) electrons. The molecule has 128 valence electrons. The molecule has 1 amide bonds. The van der Waals surface area contributed by atoms with Crippen LogP contribution >= 0.6 is 0 Å². The molecule has 1 atom stereocenters. The monoisotopic (exact) mass is 336 g/mol. The number of rotatable bonds is 4. The summed E-state index contributed by atoms with van der Waals surface area (Å²) in [5.74, 6) is 0.833. The van der Waals surface area contributed by atoms with Gasteiger partial charge in [0.1, 0.15) is 12.0 Å². The van der Waals surface area contributed by atoms with Crippen molar-refractivity contribution in [2.45, 2.75) is 25.9 Å². The molecule has 7 heteroatoms. The van der Waals surface area contributed by atoms with Gasteiger partial charge in [0.25, 0.3) is 5.91 Å². The quantitative estimate of drug-likeness (QED) is 0.733. The maximum Gasteiger partial charge on any atom is 0.274 e. The number of carbonyl (C=O) groups excluding carboxylic acids is 1. The molecule has 3 aromatic rings. The molecule has 1 aliphatic heterocycles. The Kier molecular flexibility index (Phi) is 4.05. The van der Waals surface area contributed by atoms with Gasteiger partial charge in [-0.05, 0) is 19.4 Å². The molecule has 1 fully saturated rings. The van der Waals surface area contributed by atoms with Crippen LogP contribution in [0.3, 0.4) is 0 Å². The maximum absolute atomic E-state index is 12.7. The van der Waals surface area contributed by atoms with Gasteiger partial charge in [0, 0.05) is 31.4 Å². The Labute approximate surface area is 145 Å². The fourth-order valence-corrected chi connectivity index (χ4v) is 3.27. The highest BCUT2D eigenvalue weighted by atomic mass is 16.2. The molecule has 7 nitrogen and oxygen atoms in total. The molecule has 4 rings (SSSR count). The Morgan fingerprint density at radius 2 is 2.08 bits per heavy atom. The van der Waals surface area contributed by atoms with Gasteiger partial charge in [0.2, 0.25) is 0 Å². The Bertz CT molecular complexity index is 869. The van der Waals surface area contributed by atoms with Crippen LogP contribution in [-0.4, -0.2) is 48.4 Å². The smallest absolute Gasteiger partial charge is 0.274 e. The van der Waals surface area contributed by atoms with E-state index in [1.54, 1.807) is 17.1 Å². The van der Waals surface area contributed by atoms with Crippen LogP contribution in [0.15, 0.2) is 48.9 Å². The van der Waals surface area contributed by atoms with Crippen LogP contribution in [0.25, 0.3) is 11.4 Å². The van der Waals surface area contributed by atoms with Crippen LogP contribution in [0.5, 0.6) is 0 Å². The third-order valence-electron chi connectivity index (χ3n) is 4.63. The first-order valence-corrected chi connectivity index (χ1v) is 8.54. The van der Waals surface area contributed by atoms with Gasteiger partial charge in [0.15, 0.2) is 5.82 Å². The minimum Gasteiger partial charge on any atom is -0.335 e. The molecule has 0 bridgehead atoms. The average Bonchev–Trinajstić information content (AvgIpc) is 3.41. The number of carbonyl (C=O) groups is 1. The lowest BCUT2D eigenvalue weighted by Gasteiger charge is -2.17. The summed E-state index contributed by atoms with van der Waals surface area (Å²) < 4.78 is 3.85. The van der Waals surface area contributed by atoms with Crippen molar-refractivity contribution in [3.8, 4) is 11.4 Å². The number of aryl methyl sites for hydroxylation is 1. The number of likely N-dealkylation sites (tertiary alicyclic amines) is 1. The van der Waals surface area contributed by atoms with E-state index in [0.717, 1.165) is 30.9 Å². The van der Waals surface area contributed by atoms with Crippen molar-refractivity contribution in [1.82, 2.24) is 29.4 Å². The van der Waals surface area contributed by atoms with Gasteiger partial charge in [-0.25, -0.2) is 0 Å². The van der Waals surface area contributed by atoms with E-state index in [1.165, 1.54) is 0 Å². The SMILES string of the molecule is CCn1ccc(C(=O)N2CCC(n3cnnc3-c3ccccc3)C2)n1. The van der Waals surface area contributed by atoms with Crippen molar-refractivity contribution in [1.29, 1.82) is 0 Å². The molecule has 0 aliphatic carbocycles. The summed E-state index contributed by atoms with van der Waals surface area (Å²) in [4.78, 5) is 14.5. The first kappa shape index (κ1) is 15.6. The lowest BCUT2D eigenvalue weighted by molar-refractivity contribution is 0.0781. The Morgan fingerprint density at radius 1 is 1.24 bits per heavy atom. The molecule has 0 N–H and O–H groups in total. The molecular weight excluding hydrogens is 316 g/mol. The first-order chi connectivity index (χ1) is 12.3. The second-order valence-corrected chi connectivity index (χ2v) is 6.18. The van der Waals surface area contributed by atoms with Crippen LogP contribution in [0.2, 0.25) is 0 Å². The number of amides is 1. The van der Waals surface area contributed by atoms with Gasteiger partial charge < -0.3 is 9.47 Å². The van der Waals surface area contributed by atoms with E-state index in [-0.39, 0.29) is 11.9 Å². The second-order valence-electron chi connectivity index (χ2n) is 6.18. The summed E-state index contributed by atoms with van der Waals surface area (Å²) in [7, 11) is 0. The second kappa shape index (κ2) is 6.51. The van der Waals surface area contributed by atoms with Gasteiger partial charge in [-0.3, -0.25) is 9.48 Å². The van der Waals surface area contributed by atoms with Crippen LogP contribution in [0, 0.1) is 0 Å². The van der Waals surface area contributed by atoms with E-state index in [9.17, 15) is 4.79 Å². The Hall–Kier alpha value is -2.96. The van der Waals surface area contributed by atoms with Crippen LogP contribution in [-0.2, 0) is 6.54 Å². The van der Waals surface area contributed by atoms with E-state index in [0.29, 0.717) is 12.2 Å². The molecule has 2 aromatic heterocycles. The highest BCUT2D eigenvalue weighted by Gasteiger charge is 2.30. The summed E-state index contributed by atoms with van der Waals surface area (Å²) in [6.45, 7) is 4.13. The number of aromatic nitrogens is 5. The topological polar surface area (TPSA) is 68.8 Å². The van der Waals surface area contributed by atoms with Gasteiger partial charge in [0.05, 0.1) is 6.04 Å². The van der Waals surface area contributed by atoms with E-state index < -0.39 is 0 Å². The largest absolute Gasteiger partial charge is 0.335 e. The van der Waals surface area contributed by atoms with Crippen molar-refractivity contribution in [2.24, 2.45) is 0 Å². The Morgan fingerprint density at radius 3 is 2.84 bits per heavy atom. The zero-order valence-corrected chi connectivity index (χ0v) is 14.1. The van der Waals surface area contributed by atoms with Gasteiger partial charge in [-0.1, -0.05) is 30.3 Å². The number of hydrogen-bond donors (Lipinski definition) is 0. The predicted molar refractivity (Wildman–Crippen MR) is 92.9 cm³/mol. The number of hydrogen-bond acceptors (Lipinski definition) is 4.